The molecule has 1 aliphatic carbocycles. The number of fused-ring (bicyclic) bond motifs is 4. The lowest BCUT2D eigenvalue weighted by Crippen LogP contribution is -2.68. The van der Waals surface area contributed by atoms with Crippen LogP contribution in [0, 0.1) is 5.92 Å². The Balaban J connectivity index is 1.60. The maximum absolute atomic E-state index is 12.8. The van der Waals surface area contributed by atoms with Crippen molar-refractivity contribution < 1.29 is 14.6 Å². The van der Waals surface area contributed by atoms with Gasteiger partial charge in [-0.1, -0.05) is 6.42 Å². The van der Waals surface area contributed by atoms with E-state index in [1.807, 2.05) is 6.07 Å². The molecule has 3 heterocycles. The van der Waals surface area contributed by atoms with E-state index in [1.54, 1.807) is 7.11 Å². The lowest BCUT2D eigenvalue weighted by molar-refractivity contribution is -0.147. The average molecular weight is 383 g/mol. The standard InChI is InChI=1S/C22H29N3O3/c1-23-11-22(12-25(13-22)21(27)14-5-4-6-14)19-16-8-7-15(28-3)9-17(16)24(2)20(19)18(23)10-26/h7-9,14,18,26H,4-6,10-13H2,1-3H3/t18-/m0/s1. The monoisotopic (exact) mass is 383 g/mol. The number of hydrogen-bond donors (Lipinski definition) is 1. The smallest absolute Gasteiger partial charge is 0.225 e. The Morgan fingerprint density at radius 2 is 2.00 bits per heavy atom. The van der Waals surface area contributed by atoms with Gasteiger partial charge in [0.25, 0.3) is 0 Å². The molecule has 1 aromatic heterocycles. The molecule has 1 amide bonds. The van der Waals surface area contributed by atoms with Gasteiger partial charge < -0.3 is 19.3 Å². The summed E-state index contributed by atoms with van der Waals surface area (Å²) in [7, 11) is 5.85. The highest BCUT2D eigenvalue weighted by molar-refractivity contribution is 5.90. The molecule has 5 rings (SSSR count). The van der Waals surface area contributed by atoms with E-state index in [-0.39, 0.29) is 24.0 Å². The summed E-state index contributed by atoms with van der Waals surface area (Å²) in [5, 5.41) is 11.4. The fourth-order valence-corrected chi connectivity index (χ4v) is 5.62. The molecule has 0 unspecified atom stereocenters. The highest BCUT2D eigenvalue weighted by atomic mass is 16.5. The number of nitrogens with zero attached hydrogens (tertiary/aromatic N) is 3. The maximum Gasteiger partial charge on any atom is 0.225 e. The number of carbonyl (C=O) groups is 1. The molecular weight excluding hydrogens is 354 g/mol. The maximum atomic E-state index is 12.8. The van der Waals surface area contributed by atoms with Gasteiger partial charge in [0.05, 0.1) is 25.3 Å². The van der Waals surface area contributed by atoms with Crippen molar-refractivity contribution in [1.29, 1.82) is 0 Å². The highest BCUT2D eigenvalue weighted by Crippen LogP contribution is 2.49. The lowest BCUT2D eigenvalue weighted by atomic mass is 9.68. The van der Waals surface area contributed by atoms with Crippen molar-refractivity contribution in [3.8, 4) is 5.75 Å². The Bertz CT molecular complexity index is 940. The van der Waals surface area contributed by atoms with Crippen molar-refractivity contribution in [2.75, 3.05) is 40.4 Å². The highest BCUT2D eigenvalue weighted by Gasteiger charge is 2.54. The van der Waals surface area contributed by atoms with Crippen LogP contribution in [-0.2, 0) is 17.3 Å². The van der Waals surface area contributed by atoms with Crippen LogP contribution in [0.1, 0.15) is 36.6 Å². The summed E-state index contributed by atoms with van der Waals surface area (Å²) < 4.78 is 7.65. The molecule has 1 spiro atoms. The minimum Gasteiger partial charge on any atom is -0.497 e. The molecule has 150 valence electrons. The van der Waals surface area contributed by atoms with E-state index in [0.29, 0.717) is 5.91 Å². The molecule has 2 aliphatic heterocycles. The fourth-order valence-electron chi connectivity index (χ4n) is 5.62. The van der Waals surface area contributed by atoms with Crippen LogP contribution < -0.4 is 4.74 Å². The van der Waals surface area contributed by atoms with Crippen LogP contribution in [0.4, 0.5) is 0 Å². The first kappa shape index (κ1) is 18.0. The average Bonchev–Trinajstić information content (AvgIpc) is 2.90. The fraction of sp³-hybridized carbons (Fsp3) is 0.591. The number of hydrogen-bond acceptors (Lipinski definition) is 4. The van der Waals surface area contributed by atoms with Crippen molar-refractivity contribution in [2.45, 2.75) is 30.7 Å². The minimum absolute atomic E-state index is 0.0274. The number of amides is 1. The normalized spacial score (nSPS) is 24.1. The van der Waals surface area contributed by atoms with Crippen molar-refractivity contribution in [2.24, 2.45) is 13.0 Å². The molecule has 3 aliphatic rings. The second-order valence-corrected chi connectivity index (χ2v) is 8.92. The van der Waals surface area contributed by atoms with Crippen LogP contribution in [-0.4, -0.2) is 65.8 Å². The number of ether oxygens (including phenoxy) is 1. The first-order chi connectivity index (χ1) is 13.5. The summed E-state index contributed by atoms with van der Waals surface area (Å²) in [5.74, 6) is 1.43. The van der Waals surface area contributed by atoms with E-state index in [9.17, 15) is 9.90 Å². The molecule has 1 N–H and O–H groups in total. The van der Waals surface area contributed by atoms with Gasteiger partial charge in [0.2, 0.25) is 5.91 Å². The van der Waals surface area contributed by atoms with Gasteiger partial charge in [0.15, 0.2) is 0 Å². The number of benzene rings is 1. The van der Waals surface area contributed by atoms with Crippen molar-refractivity contribution >= 4 is 16.8 Å². The summed E-state index contributed by atoms with van der Waals surface area (Å²) in [6, 6.07) is 6.20. The van der Waals surface area contributed by atoms with Crippen LogP contribution >= 0.6 is 0 Å². The van der Waals surface area contributed by atoms with Crippen LogP contribution in [0.2, 0.25) is 0 Å². The topological polar surface area (TPSA) is 57.9 Å². The Kier molecular flexibility index (Phi) is 4.00. The zero-order valence-corrected chi connectivity index (χ0v) is 16.9. The van der Waals surface area contributed by atoms with Gasteiger partial charge in [0, 0.05) is 55.2 Å². The number of methoxy groups -OCH3 is 1. The predicted octanol–water partition coefficient (Wildman–Crippen LogP) is 2.05. The van der Waals surface area contributed by atoms with Gasteiger partial charge in [0.1, 0.15) is 5.75 Å². The quantitative estimate of drug-likeness (QED) is 0.881. The van der Waals surface area contributed by atoms with E-state index < -0.39 is 0 Å². The number of rotatable bonds is 3. The van der Waals surface area contributed by atoms with Crippen LogP contribution in [0.3, 0.4) is 0 Å². The van der Waals surface area contributed by atoms with Crippen molar-refractivity contribution in [3.05, 3.63) is 29.5 Å². The third-order valence-electron chi connectivity index (χ3n) is 7.31. The summed E-state index contributed by atoms with van der Waals surface area (Å²) in [4.78, 5) is 17.1. The number of carbonyl (C=O) groups excluding carboxylic acids is 1. The first-order valence-corrected chi connectivity index (χ1v) is 10.3. The second-order valence-electron chi connectivity index (χ2n) is 8.92. The molecule has 6 heteroatoms. The minimum atomic E-state index is -0.0523. The van der Waals surface area contributed by atoms with Gasteiger partial charge in [-0.05, 0) is 37.6 Å². The van der Waals surface area contributed by atoms with Crippen LogP contribution in [0.25, 0.3) is 10.9 Å². The number of aliphatic hydroxyl groups excluding tert-OH is 1. The Morgan fingerprint density at radius 3 is 2.61 bits per heavy atom. The number of aromatic nitrogens is 1. The van der Waals surface area contributed by atoms with Crippen molar-refractivity contribution in [1.82, 2.24) is 14.4 Å². The molecule has 1 saturated heterocycles. The SMILES string of the molecule is COc1ccc2c3c(n(C)c2c1)[C@H](CO)N(C)CC31CN(C(=O)C2CCC2)C1. The molecule has 0 radical (unpaired) electrons. The Hall–Kier alpha value is -2.05. The number of likely N-dealkylation sites (N-methyl/N-ethyl adjacent to an activating group) is 1. The molecule has 1 saturated carbocycles. The molecule has 6 nitrogen and oxygen atoms in total. The Morgan fingerprint density at radius 1 is 1.25 bits per heavy atom. The van der Waals surface area contributed by atoms with Gasteiger partial charge in [-0.25, -0.2) is 0 Å². The molecular formula is C22H29N3O3. The Labute approximate surface area is 165 Å². The molecule has 28 heavy (non-hydrogen) atoms. The van der Waals surface area contributed by atoms with E-state index in [2.05, 4.69) is 40.6 Å². The molecule has 2 aromatic rings. The number of aliphatic hydroxyl groups is 1. The number of aryl methyl sites for hydroxylation is 1. The van der Waals surface area contributed by atoms with Gasteiger partial charge in [-0.2, -0.15) is 0 Å². The van der Waals surface area contributed by atoms with Gasteiger partial charge in [-0.15, -0.1) is 0 Å². The molecule has 1 aromatic carbocycles. The van der Waals surface area contributed by atoms with Gasteiger partial charge in [-0.3, -0.25) is 9.69 Å². The van der Waals surface area contributed by atoms with E-state index in [0.717, 1.165) is 43.7 Å². The summed E-state index contributed by atoms with van der Waals surface area (Å²) in [5.41, 5.74) is 3.57. The summed E-state index contributed by atoms with van der Waals surface area (Å²) >= 11 is 0. The summed E-state index contributed by atoms with van der Waals surface area (Å²) in [6.45, 7) is 2.52. The second kappa shape index (κ2) is 6.22. The zero-order chi connectivity index (χ0) is 19.6. The van der Waals surface area contributed by atoms with Crippen LogP contribution in [0.15, 0.2) is 18.2 Å². The third-order valence-corrected chi connectivity index (χ3v) is 7.31. The van der Waals surface area contributed by atoms with Crippen molar-refractivity contribution in [3.63, 3.8) is 0 Å². The number of likely N-dealkylation sites (tertiary alicyclic amines) is 1. The van der Waals surface area contributed by atoms with E-state index in [4.69, 9.17) is 4.74 Å². The molecule has 1 atom stereocenters. The van der Waals surface area contributed by atoms with Crippen LogP contribution in [0.5, 0.6) is 5.75 Å². The zero-order valence-electron chi connectivity index (χ0n) is 16.9. The van der Waals surface area contributed by atoms with E-state index in [1.165, 1.54) is 23.1 Å². The van der Waals surface area contributed by atoms with Gasteiger partial charge >= 0.3 is 0 Å². The third kappa shape index (κ3) is 2.31. The lowest BCUT2D eigenvalue weighted by Gasteiger charge is -2.56. The molecule has 2 fully saturated rings. The summed E-state index contributed by atoms with van der Waals surface area (Å²) in [6.07, 6.45) is 3.29. The largest absolute Gasteiger partial charge is 0.497 e. The first-order valence-electron chi connectivity index (χ1n) is 10.3. The molecule has 0 bridgehead atoms. The van der Waals surface area contributed by atoms with E-state index >= 15 is 0 Å². The predicted molar refractivity (Wildman–Crippen MR) is 108 cm³/mol.